The molecule has 0 spiro atoms. The van der Waals surface area contributed by atoms with E-state index in [0.717, 1.165) is 18.3 Å². The molecule has 0 amide bonds. The van der Waals surface area contributed by atoms with Gasteiger partial charge in [-0.1, -0.05) is 25.4 Å². The van der Waals surface area contributed by atoms with Gasteiger partial charge in [-0.15, -0.1) is 0 Å². The van der Waals surface area contributed by atoms with Crippen molar-refractivity contribution in [3.63, 3.8) is 0 Å². The van der Waals surface area contributed by atoms with Gasteiger partial charge in [0.25, 0.3) is 0 Å². The number of hydrogen-bond acceptors (Lipinski definition) is 0. The Morgan fingerprint density at radius 1 is 1.44 bits per heavy atom. The van der Waals surface area contributed by atoms with E-state index in [1.807, 2.05) is 0 Å². The highest BCUT2D eigenvalue weighted by atomic mass is 35.5. The van der Waals surface area contributed by atoms with E-state index in [1.165, 1.54) is 0 Å². The molecule has 0 bridgehead atoms. The summed E-state index contributed by atoms with van der Waals surface area (Å²) >= 11 is 11.2. The molecule has 0 rings (SSSR count). The molecular weight excluding hydrogens is 154 g/mol. The molecule has 0 saturated carbocycles. The van der Waals surface area contributed by atoms with Crippen molar-refractivity contribution in [3.8, 4) is 0 Å². The molecule has 0 fully saturated rings. The van der Waals surface area contributed by atoms with Crippen LogP contribution < -0.4 is 0 Å². The molecule has 0 aromatic carbocycles. The van der Waals surface area contributed by atoms with Crippen LogP contribution in [0.1, 0.15) is 26.7 Å². The molecule has 0 aliphatic carbocycles. The number of rotatable bonds is 3. The van der Waals surface area contributed by atoms with E-state index in [-0.39, 0.29) is 5.54 Å². The molecule has 0 atom stereocenters. The van der Waals surface area contributed by atoms with Crippen molar-refractivity contribution >= 4 is 28.5 Å². The van der Waals surface area contributed by atoms with Gasteiger partial charge < -0.3 is 0 Å². The molecule has 3 heteroatoms. The Kier molecular flexibility index (Phi) is 5.41. The molecule has 0 aliphatic rings. The molecule has 0 heterocycles. The van der Waals surface area contributed by atoms with Crippen molar-refractivity contribution in [2.45, 2.75) is 26.7 Å². The van der Waals surface area contributed by atoms with Gasteiger partial charge in [0.15, 0.2) is 0 Å². The van der Waals surface area contributed by atoms with Crippen LogP contribution >= 0.6 is 22.9 Å². The first-order chi connectivity index (χ1) is 4.22. The highest BCUT2D eigenvalue weighted by Gasteiger charge is 2.08. The molecule has 0 aromatic heterocycles. The van der Waals surface area contributed by atoms with Crippen LogP contribution in [0.4, 0.5) is 0 Å². The summed E-state index contributed by atoms with van der Waals surface area (Å²) in [5.74, 6) is 0. The van der Waals surface area contributed by atoms with Crippen molar-refractivity contribution in [1.29, 1.82) is 0 Å². The second-order valence-electron chi connectivity index (χ2n) is 1.84. The van der Waals surface area contributed by atoms with E-state index in [4.69, 9.17) is 22.9 Å². The Bertz CT molecular complexity index is 99.2. The van der Waals surface area contributed by atoms with Gasteiger partial charge in [-0.25, -0.2) is 0 Å². The first-order valence-corrected chi connectivity index (χ1v) is 4.06. The second-order valence-corrected chi connectivity index (χ2v) is 2.94. The van der Waals surface area contributed by atoms with Gasteiger partial charge >= 0.3 is 5.54 Å². The molecule has 0 radical (unpaired) electrons. The summed E-state index contributed by atoms with van der Waals surface area (Å²) in [4.78, 5) is 0. The Hall–Kier alpha value is 0.385. The molecule has 52 valence electrons. The summed E-state index contributed by atoms with van der Waals surface area (Å²) in [6.07, 6.45) is 4.04. The SMILES string of the molecule is CC/C=C(\CC)B(Cl)Cl. The van der Waals surface area contributed by atoms with Crippen LogP contribution in [-0.2, 0) is 0 Å². The summed E-state index contributed by atoms with van der Waals surface area (Å²) in [6, 6.07) is 0. The maximum atomic E-state index is 5.62. The lowest BCUT2D eigenvalue weighted by atomic mass is 9.89. The van der Waals surface area contributed by atoms with Gasteiger partial charge in [-0.3, -0.25) is 0 Å². The van der Waals surface area contributed by atoms with E-state index in [1.54, 1.807) is 0 Å². The van der Waals surface area contributed by atoms with Crippen LogP contribution in [0.15, 0.2) is 11.5 Å². The summed E-state index contributed by atoms with van der Waals surface area (Å²) < 4.78 is 0. The highest BCUT2D eigenvalue weighted by Crippen LogP contribution is 2.13. The third-order valence-corrected chi connectivity index (χ3v) is 1.72. The van der Waals surface area contributed by atoms with E-state index in [0.29, 0.717) is 0 Å². The number of allylic oxidation sites excluding steroid dienone is 2. The molecule has 0 N–H and O–H groups in total. The summed E-state index contributed by atoms with van der Waals surface area (Å²) in [7, 11) is 0. The normalized spacial score (nSPS) is 11.8. The summed E-state index contributed by atoms with van der Waals surface area (Å²) in [5, 5.41) is 0. The van der Waals surface area contributed by atoms with E-state index in [9.17, 15) is 0 Å². The fourth-order valence-corrected chi connectivity index (χ4v) is 1.14. The lowest BCUT2D eigenvalue weighted by Gasteiger charge is -1.98. The van der Waals surface area contributed by atoms with Gasteiger partial charge in [-0.05, 0) is 12.8 Å². The van der Waals surface area contributed by atoms with E-state index < -0.39 is 0 Å². The largest absolute Gasteiger partial charge is 0.378 e. The van der Waals surface area contributed by atoms with E-state index >= 15 is 0 Å². The Morgan fingerprint density at radius 3 is 2.11 bits per heavy atom. The summed E-state index contributed by atoms with van der Waals surface area (Å²) in [6.45, 7) is 4.13. The van der Waals surface area contributed by atoms with Crippen molar-refractivity contribution in [1.82, 2.24) is 0 Å². The van der Waals surface area contributed by atoms with Crippen molar-refractivity contribution in [3.05, 3.63) is 11.5 Å². The fourth-order valence-electron chi connectivity index (χ4n) is 0.650. The third-order valence-electron chi connectivity index (χ3n) is 1.15. The average Bonchev–Trinajstić information content (AvgIpc) is 1.82. The quantitative estimate of drug-likeness (QED) is 0.563. The Balaban J connectivity index is 3.81. The van der Waals surface area contributed by atoms with Crippen molar-refractivity contribution < 1.29 is 0 Å². The van der Waals surface area contributed by atoms with Gasteiger partial charge in [0.05, 0.1) is 0 Å². The highest BCUT2D eigenvalue weighted by molar-refractivity contribution is 7.36. The molecular formula is C6H11BCl2. The fraction of sp³-hybridized carbons (Fsp3) is 0.667. The Morgan fingerprint density at radius 2 is 2.00 bits per heavy atom. The Labute approximate surface area is 67.1 Å². The molecule has 0 aromatic rings. The lowest BCUT2D eigenvalue weighted by molar-refractivity contribution is 1.13. The van der Waals surface area contributed by atoms with Crippen LogP contribution in [0, 0.1) is 0 Å². The van der Waals surface area contributed by atoms with Gasteiger partial charge in [0, 0.05) is 0 Å². The minimum absolute atomic E-state index is 0.310. The van der Waals surface area contributed by atoms with Crippen LogP contribution in [0.25, 0.3) is 0 Å². The first kappa shape index (κ1) is 9.38. The molecule has 0 aliphatic heterocycles. The molecule has 0 unspecified atom stereocenters. The standard InChI is InChI=1S/C6H11BCl2/c1-3-5-6(4-2)7(8)9/h5H,3-4H2,1-2H3/b6-5+. The van der Waals surface area contributed by atoms with Gasteiger partial charge in [0.2, 0.25) is 0 Å². The third kappa shape index (κ3) is 3.88. The predicted octanol–water partition coefficient (Wildman–Crippen LogP) is 3.24. The summed E-state index contributed by atoms with van der Waals surface area (Å²) in [5.41, 5.74) is 0.816. The minimum atomic E-state index is -0.310. The van der Waals surface area contributed by atoms with Gasteiger partial charge in [-0.2, -0.15) is 22.9 Å². The van der Waals surface area contributed by atoms with E-state index in [2.05, 4.69) is 19.9 Å². The monoisotopic (exact) mass is 164 g/mol. The maximum absolute atomic E-state index is 5.62. The molecule has 0 saturated heterocycles. The maximum Gasteiger partial charge on any atom is 0.378 e. The van der Waals surface area contributed by atoms with Crippen molar-refractivity contribution in [2.75, 3.05) is 0 Å². The topological polar surface area (TPSA) is 0 Å². The predicted molar refractivity (Wildman–Crippen MR) is 46.1 cm³/mol. The average molecular weight is 165 g/mol. The van der Waals surface area contributed by atoms with Crippen LogP contribution in [0.5, 0.6) is 0 Å². The van der Waals surface area contributed by atoms with Crippen molar-refractivity contribution in [2.24, 2.45) is 0 Å². The zero-order valence-corrected chi connectivity index (χ0v) is 7.34. The molecule has 0 nitrogen and oxygen atoms in total. The first-order valence-electron chi connectivity index (χ1n) is 3.19. The molecule has 9 heavy (non-hydrogen) atoms. The smallest absolute Gasteiger partial charge is 0.165 e. The van der Waals surface area contributed by atoms with Crippen LogP contribution in [0.3, 0.4) is 0 Å². The van der Waals surface area contributed by atoms with Crippen LogP contribution in [-0.4, -0.2) is 5.54 Å². The van der Waals surface area contributed by atoms with Gasteiger partial charge in [0.1, 0.15) is 0 Å². The zero-order chi connectivity index (χ0) is 7.28. The second kappa shape index (κ2) is 5.19. The van der Waals surface area contributed by atoms with Crippen LogP contribution in [0.2, 0.25) is 0 Å². The number of halogens is 2. The zero-order valence-electron chi connectivity index (χ0n) is 5.82. The lowest BCUT2D eigenvalue weighted by Crippen LogP contribution is -1.97. The minimum Gasteiger partial charge on any atom is -0.165 e. The number of hydrogen-bond donors (Lipinski definition) is 0.